The van der Waals surface area contributed by atoms with Crippen molar-refractivity contribution < 1.29 is 19.0 Å². The molecule has 0 bridgehead atoms. The van der Waals surface area contributed by atoms with Gasteiger partial charge in [-0.25, -0.2) is 0 Å². The Morgan fingerprint density at radius 3 is 2.20 bits per heavy atom. The fourth-order valence-corrected chi connectivity index (χ4v) is 1.83. The molecule has 0 aliphatic heterocycles. The monoisotopic (exact) mass is 272 g/mol. The molecule has 0 fully saturated rings. The van der Waals surface area contributed by atoms with E-state index in [1.807, 2.05) is 30.3 Å². The number of rotatable bonds is 6. The molecule has 0 saturated heterocycles. The van der Waals surface area contributed by atoms with Crippen molar-refractivity contribution in [2.24, 2.45) is 0 Å². The first-order valence-corrected chi connectivity index (χ1v) is 6.16. The third kappa shape index (κ3) is 3.09. The number of ether oxygens (including phenoxy) is 3. The van der Waals surface area contributed by atoms with Crippen LogP contribution >= 0.6 is 0 Å². The largest absolute Gasteiger partial charge is 0.493 e. The minimum absolute atomic E-state index is 0.386. The summed E-state index contributed by atoms with van der Waals surface area (Å²) in [5.41, 5.74) is 1.46. The summed E-state index contributed by atoms with van der Waals surface area (Å²) < 4.78 is 16.1. The van der Waals surface area contributed by atoms with Crippen molar-refractivity contribution in [2.75, 3.05) is 14.2 Å². The molecular weight excluding hydrogens is 256 g/mol. The lowest BCUT2D eigenvalue weighted by atomic mass is 10.2. The van der Waals surface area contributed by atoms with Crippen LogP contribution in [0.25, 0.3) is 0 Å². The van der Waals surface area contributed by atoms with E-state index in [1.165, 1.54) is 7.11 Å². The third-order valence-electron chi connectivity index (χ3n) is 2.88. The molecule has 0 N–H and O–H groups in total. The van der Waals surface area contributed by atoms with Crippen molar-refractivity contribution in [3.63, 3.8) is 0 Å². The molecule has 0 aliphatic rings. The van der Waals surface area contributed by atoms with Crippen molar-refractivity contribution in [3.05, 3.63) is 53.6 Å². The molecule has 0 atom stereocenters. The van der Waals surface area contributed by atoms with Gasteiger partial charge in [0.2, 0.25) is 0 Å². The van der Waals surface area contributed by atoms with E-state index in [-0.39, 0.29) is 0 Å². The molecule has 0 unspecified atom stereocenters. The highest BCUT2D eigenvalue weighted by Gasteiger charge is 2.12. The molecule has 0 saturated carbocycles. The first-order chi connectivity index (χ1) is 9.78. The second-order valence-electron chi connectivity index (χ2n) is 4.14. The molecule has 0 aliphatic carbocycles. The lowest BCUT2D eigenvalue weighted by molar-refractivity contribution is 0.111. The van der Waals surface area contributed by atoms with E-state index in [4.69, 9.17) is 14.2 Å². The van der Waals surface area contributed by atoms with E-state index < -0.39 is 0 Å². The first-order valence-electron chi connectivity index (χ1n) is 6.16. The van der Waals surface area contributed by atoms with Gasteiger partial charge in [-0.3, -0.25) is 4.79 Å². The summed E-state index contributed by atoms with van der Waals surface area (Å²) in [5, 5.41) is 0. The molecular formula is C16H16O4. The molecule has 0 radical (unpaired) electrons. The van der Waals surface area contributed by atoms with Gasteiger partial charge in [-0.1, -0.05) is 30.3 Å². The van der Waals surface area contributed by atoms with Gasteiger partial charge in [-0.05, 0) is 11.6 Å². The van der Waals surface area contributed by atoms with Gasteiger partial charge in [0.05, 0.1) is 19.8 Å². The number of carbonyl (C=O) groups excluding carboxylic acids is 1. The second kappa shape index (κ2) is 6.61. The van der Waals surface area contributed by atoms with Crippen molar-refractivity contribution >= 4 is 6.29 Å². The lowest BCUT2D eigenvalue weighted by Crippen LogP contribution is -2.00. The minimum Gasteiger partial charge on any atom is -0.493 e. The van der Waals surface area contributed by atoms with Crippen LogP contribution in [0.15, 0.2) is 42.5 Å². The lowest BCUT2D eigenvalue weighted by Gasteiger charge is -2.13. The Kier molecular flexibility index (Phi) is 4.60. The number of carbonyl (C=O) groups is 1. The van der Waals surface area contributed by atoms with Crippen molar-refractivity contribution in [1.29, 1.82) is 0 Å². The van der Waals surface area contributed by atoms with Crippen LogP contribution in [-0.2, 0) is 6.61 Å². The van der Waals surface area contributed by atoms with Crippen LogP contribution in [0.4, 0.5) is 0 Å². The Morgan fingerprint density at radius 2 is 1.60 bits per heavy atom. The fraction of sp³-hybridized carbons (Fsp3) is 0.188. The van der Waals surface area contributed by atoms with E-state index in [0.717, 1.165) is 11.8 Å². The standard InChI is InChI=1S/C16H16O4/c1-18-15-8-13(10-17)14(9-16(15)19-2)20-11-12-6-4-3-5-7-12/h3-10H,11H2,1-2H3. The molecule has 4 nitrogen and oxygen atoms in total. The second-order valence-corrected chi connectivity index (χ2v) is 4.14. The Hall–Kier alpha value is -2.49. The van der Waals surface area contributed by atoms with Gasteiger partial charge in [0.15, 0.2) is 17.8 Å². The topological polar surface area (TPSA) is 44.8 Å². The quantitative estimate of drug-likeness (QED) is 0.758. The zero-order valence-electron chi connectivity index (χ0n) is 11.5. The van der Waals surface area contributed by atoms with Crippen LogP contribution in [0.2, 0.25) is 0 Å². The van der Waals surface area contributed by atoms with Crippen LogP contribution in [0.5, 0.6) is 17.2 Å². The minimum atomic E-state index is 0.386. The number of hydrogen-bond acceptors (Lipinski definition) is 4. The third-order valence-corrected chi connectivity index (χ3v) is 2.88. The molecule has 2 aromatic carbocycles. The zero-order valence-corrected chi connectivity index (χ0v) is 11.5. The molecule has 0 spiro atoms. The summed E-state index contributed by atoms with van der Waals surface area (Å²) in [6, 6.07) is 13.0. The average Bonchev–Trinajstić information content (AvgIpc) is 2.52. The smallest absolute Gasteiger partial charge is 0.164 e. The van der Waals surface area contributed by atoms with Crippen LogP contribution in [-0.4, -0.2) is 20.5 Å². The van der Waals surface area contributed by atoms with Gasteiger partial charge in [0.1, 0.15) is 12.4 Å². The number of methoxy groups -OCH3 is 2. The highest BCUT2D eigenvalue weighted by Crippen LogP contribution is 2.34. The van der Waals surface area contributed by atoms with E-state index in [1.54, 1.807) is 19.2 Å². The molecule has 104 valence electrons. The van der Waals surface area contributed by atoms with Gasteiger partial charge in [0, 0.05) is 6.07 Å². The van der Waals surface area contributed by atoms with Crippen LogP contribution in [0.3, 0.4) is 0 Å². The molecule has 0 heterocycles. The Labute approximate surface area is 117 Å². The van der Waals surface area contributed by atoms with Crippen LogP contribution < -0.4 is 14.2 Å². The molecule has 20 heavy (non-hydrogen) atoms. The summed E-state index contributed by atoms with van der Waals surface area (Å²) >= 11 is 0. The maximum Gasteiger partial charge on any atom is 0.164 e. The van der Waals surface area contributed by atoms with Gasteiger partial charge in [0.25, 0.3) is 0 Å². The summed E-state index contributed by atoms with van der Waals surface area (Å²) in [6.07, 6.45) is 0.738. The predicted octanol–water partition coefficient (Wildman–Crippen LogP) is 3.10. The van der Waals surface area contributed by atoms with Gasteiger partial charge in [-0.15, -0.1) is 0 Å². The highest BCUT2D eigenvalue weighted by atomic mass is 16.5. The molecule has 4 heteroatoms. The average molecular weight is 272 g/mol. The molecule has 0 amide bonds. The Morgan fingerprint density at radius 1 is 0.950 bits per heavy atom. The highest BCUT2D eigenvalue weighted by molar-refractivity contribution is 5.81. The zero-order chi connectivity index (χ0) is 14.4. The first kappa shape index (κ1) is 13.9. The van der Waals surface area contributed by atoms with Crippen molar-refractivity contribution in [2.45, 2.75) is 6.61 Å². The van der Waals surface area contributed by atoms with Crippen LogP contribution in [0.1, 0.15) is 15.9 Å². The summed E-state index contributed by atoms with van der Waals surface area (Å²) in [6.45, 7) is 0.386. The van der Waals surface area contributed by atoms with Gasteiger partial charge < -0.3 is 14.2 Å². The summed E-state index contributed by atoms with van der Waals surface area (Å²) in [4.78, 5) is 11.1. The van der Waals surface area contributed by atoms with E-state index >= 15 is 0 Å². The molecule has 0 aromatic heterocycles. The van der Waals surface area contributed by atoms with E-state index in [9.17, 15) is 4.79 Å². The van der Waals surface area contributed by atoms with Gasteiger partial charge >= 0.3 is 0 Å². The SMILES string of the molecule is COc1cc(C=O)c(OCc2ccccc2)cc1OC. The van der Waals surface area contributed by atoms with Crippen molar-refractivity contribution in [1.82, 2.24) is 0 Å². The molecule has 2 rings (SSSR count). The van der Waals surface area contributed by atoms with E-state index in [0.29, 0.717) is 29.4 Å². The summed E-state index contributed by atoms with van der Waals surface area (Å²) in [7, 11) is 3.07. The predicted molar refractivity (Wildman–Crippen MR) is 75.7 cm³/mol. The number of benzene rings is 2. The number of hydrogen-bond donors (Lipinski definition) is 0. The normalized spacial score (nSPS) is 9.90. The fourth-order valence-electron chi connectivity index (χ4n) is 1.83. The maximum absolute atomic E-state index is 11.1. The van der Waals surface area contributed by atoms with Crippen LogP contribution in [0, 0.1) is 0 Å². The summed E-state index contributed by atoms with van der Waals surface area (Å²) in [5.74, 6) is 1.50. The van der Waals surface area contributed by atoms with Gasteiger partial charge in [-0.2, -0.15) is 0 Å². The van der Waals surface area contributed by atoms with E-state index in [2.05, 4.69) is 0 Å². The number of aldehydes is 1. The maximum atomic E-state index is 11.1. The Bertz CT molecular complexity index is 579. The molecule has 2 aromatic rings. The van der Waals surface area contributed by atoms with Crippen molar-refractivity contribution in [3.8, 4) is 17.2 Å². The Balaban J connectivity index is 2.24.